The summed E-state index contributed by atoms with van der Waals surface area (Å²) in [7, 11) is 0. The molecule has 1 heterocycles. The van der Waals surface area contributed by atoms with Crippen LogP contribution in [0.4, 0.5) is 0 Å². The van der Waals surface area contributed by atoms with Crippen LogP contribution in [0.5, 0.6) is 0 Å². The summed E-state index contributed by atoms with van der Waals surface area (Å²) in [5.74, 6) is 1.58. The number of hydrogen-bond acceptors (Lipinski definition) is 3. The van der Waals surface area contributed by atoms with E-state index in [-0.39, 0.29) is 18.4 Å². The molecule has 0 N–H and O–H groups in total. The second-order valence-corrected chi connectivity index (χ2v) is 9.07. The summed E-state index contributed by atoms with van der Waals surface area (Å²) in [6.45, 7) is 5.74. The molecule has 0 aliphatic heterocycles. The maximum absolute atomic E-state index is 13.5. The predicted molar refractivity (Wildman–Crippen MR) is 140 cm³/mol. The summed E-state index contributed by atoms with van der Waals surface area (Å²) in [5.41, 5.74) is 2.32. The summed E-state index contributed by atoms with van der Waals surface area (Å²) >= 11 is 0. The monoisotopic (exact) mass is 474 g/mol. The molecule has 0 unspecified atom stereocenters. The van der Waals surface area contributed by atoms with Crippen LogP contribution in [0.2, 0.25) is 0 Å². The zero-order valence-electron chi connectivity index (χ0n) is 21.1. The van der Waals surface area contributed by atoms with Gasteiger partial charge in [-0.15, -0.1) is 0 Å². The molecular formula is C30H38N2O3. The Morgan fingerprint density at radius 2 is 1.40 bits per heavy atom. The standard InChI is InChI=1S/C30H38N2O3/c1-3-4-11-21-31(29(33)19-17-26-12-7-5-8-13-26)24-30(34)32(23-28-18-16-25(2)35-28)22-20-27-14-9-6-10-15-27/h5-10,12-16,18H,3-4,11,17,19-24H2,1-2H3. The highest BCUT2D eigenvalue weighted by atomic mass is 16.3. The summed E-state index contributed by atoms with van der Waals surface area (Å²) in [4.78, 5) is 30.2. The van der Waals surface area contributed by atoms with E-state index in [2.05, 4.69) is 19.1 Å². The van der Waals surface area contributed by atoms with Gasteiger partial charge in [-0.2, -0.15) is 0 Å². The molecule has 0 radical (unpaired) electrons. The molecule has 1 aromatic heterocycles. The van der Waals surface area contributed by atoms with Crippen LogP contribution in [-0.2, 0) is 29.0 Å². The summed E-state index contributed by atoms with van der Waals surface area (Å²) in [6, 6.07) is 24.0. The number of carbonyl (C=O) groups is 2. The summed E-state index contributed by atoms with van der Waals surface area (Å²) < 4.78 is 5.76. The Kier molecular flexibility index (Phi) is 10.6. The van der Waals surface area contributed by atoms with Gasteiger partial charge < -0.3 is 14.2 Å². The lowest BCUT2D eigenvalue weighted by Gasteiger charge is -2.27. The molecule has 5 heteroatoms. The van der Waals surface area contributed by atoms with Crippen LogP contribution in [0.1, 0.15) is 55.3 Å². The molecule has 5 nitrogen and oxygen atoms in total. The third kappa shape index (κ3) is 9.08. The Balaban J connectivity index is 1.67. The molecular weight excluding hydrogens is 436 g/mol. The van der Waals surface area contributed by atoms with Crippen molar-refractivity contribution in [3.05, 3.63) is 95.4 Å². The fraction of sp³-hybridized carbons (Fsp3) is 0.400. The highest BCUT2D eigenvalue weighted by molar-refractivity contribution is 5.85. The van der Waals surface area contributed by atoms with Crippen molar-refractivity contribution >= 4 is 11.8 Å². The molecule has 0 spiro atoms. The number of amides is 2. The second kappa shape index (κ2) is 14.1. The van der Waals surface area contributed by atoms with Crippen molar-refractivity contribution in [2.24, 2.45) is 0 Å². The number of nitrogens with zero attached hydrogens (tertiary/aromatic N) is 2. The Bertz CT molecular complexity index is 1030. The van der Waals surface area contributed by atoms with E-state index in [9.17, 15) is 9.59 Å². The molecule has 0 atom stereocenters. The van der Waals surface area contributed by atoms with Crippen molar-refractivity contribution in [3.63, 3.8) is 0 Å². The molecule has 186 valence electrons. The molecule has 0 saturated heterocycles. The average Bonchev–Trinajstić information content (AvgIpc) is 3.30. The lowest BCUT2D eigenvalue weighted by molar-refractivity contribution is -0.141. The maximum Gasteiger partial charge on any atom is 0.242 e. The van der Waals surface area contributed by atoms with Gasteiger partial charge >= 0.3 is 0 Å². The van der Waals surface area contributed by atoms with E-state index >= 15 is 0 Å². The van der Waals surface area contributed by atoms with Crippen molar-refractivity contribution < 1.29 is 14.0 Å². The van der Waals surface area contributed by atoms with E-state index in [1.807, 2.05) is 72.5 Å². The number of carbonyl (C=O) groups excluding carboxylic acids is 2. The number of benzene rings is 2. The van der Waals surface area contributed by atoms with Gasteiger partial charge in [0.25, 0.3) is 0 Å². The van der Waals surface area contributed by atoms with Crippen LogP contribution in [0.25, 0.3) is 0 Å². The van der Waals surface area contributed by atoms with E-state index in [1.165, 1.54) is 5.56 Å². The second-order valence-electron chi connectivity index (χ2n) is 9.07. The normalized spacial score (nSPS) is 10.8. The molecule has 2 aromatic carbocycles. The van der Waals surface area contributed by atoms with Crippen molar-refractivity contribution in [2.75, 3.05) is 19.6 Å². The number of hydrogen-bond donors (Lipinski definition) is 0. The average molecular weight is 475 g/mol. The van der Waals surface area contributed by atoms with Gasteiger partial charge in [-0.3, -0.25) is 9.59 Å². The number of furan rings is 1. The molecule has 3 rings (SSSR count). The lowest BCUT2D eigenvalue weighted by Crippen LogP contribution is -2.43. The molecule has 0 saturated carbocycles. The highest BCUT2D eigenvalue weighted by Crippen LogP contribution is 2.13. The van der Waals surface area contributed by atoms with Crippen LogP contribution in [0.3, 0.4) is 0 Å². The third-order valence-electron chi connectivity index (χ3n) is 6.19. The summed E-state index contributed by atoms with van der Waals surface area (Å²) in [5, 5.41) is 0. The van der Waals surface area contributed by atoms with Gasteiger partial charge in [-0.05, 0) is 49.4 Å². The Labute approximate surface area is 209 Å². The first-order valence-electron chi connectivity index (χ1n) is 12.7. The zero-order valence-corrected chi connectivity index (χ0v) is 21.1. The minimum absolute atomic E-state index is 0.0372. The van der Waals surface area contributed by atoms with Crippen molar-refractivity contribution in [1.29, 1.82) is 0 Å². The van der Waals surface area contributed by atoms with Gasteiger partial charge in [0.2, 0.25) is 11.8 Å². The Morgan fingerprint density at radius 1 is 0.743 bits per heavy atom. The fourth-order valence-electron chi connectivity index (χ4n) is 4.12. The van der Waals surface area contributed by atoms with E-state index in [1.54, 1.807) is 4.90 Å². The van der Waals surface area contributed by atoms with Gasteiger partial charge in [-0.25, -0.2) is 0 Å². The lowest BCUT2D eigenvalue weighted by atomic mass is 10.1. The van der Waals surface area contributed by atoms with Gasteiger partial charge in [0, 0.05) is 19.5 Å². The van der Waals surface area contributed by atoms with Crippen LogP contribution in [0.15, 0.2) is 77.2 Å². The molecule has 0 bridgehead atoms. The van der Waals surface area contributed by atoms with Gasteiger partial charge in [0.05, 0.1) is 13.1 Å². The molecule has 3 aromatic rings. The van der Waals surface area contributed by atoms with E-state index in [0.717, 1.165) is 42.8 Å². The van der Waals surface area contributed by atoms with Crippen molar-refractivity contribution in [1.82, 2.24) is 9.80 Å². The summed E-state index contributed by atoms with van der Waals surface area (Å²) in [6.07, 6.45) is 4.86. The van der Waals surface area contributed by atoms with Crippen LogP contribution in [0, 0.1) is 6.92 Å². The van der Waals surface area contributed by atoms with E-state index < -0.39 is 0 Å². The van der Waals surface area contributed by atoms with Gasteiger partial charge in [0.1, 0.15) is 11.5 Å². The van der Waals surface area contributed by atoms with Crippen LogP contribution < -0.4 is 0 Å². The van der Waals surface area contributed by atoms with Crippen LogP contribution in [-0.4, -0.2) is 41.2 Å². The SMILES string of the molecule is CCCCCN(CC(=O)N(CCc1ccccc1)Cc1ccc(C)o1)C(=O)CCc1ccccc1. The zero-order chi connectivity index (χ0) is 24.9. The minimum atomic E-state index is -0.0421. The van der Waals surface area contributed by atoms with Gasteiger partial charge in [0.15, 0.2) is 0 Å². The van der Waals surface area contributed by atoms with E-state index in [4.69, 9.17) is 4.42 Å². The molecule has 2 amide bonds. The number of unbranched alkanes of at least 4 members (excludes halogenated alkanes) is 2. The van der Waals surface area contributed by atoms with Crippen molar-refractivity contribution in [2.45, 2.75) is 58.9 Å². The van der Waals surface area contributed by atoms with E-state index in [0.29, 0.717) is 32.5 Å². The number of aryl methyl sites for hydroxylation is 2. The molecule has 35 heavy (non-hydrogen) atoms. The molecule has 0 aliphatic rings. The first-order valence-corrected chi connectivity index (χ1v) is 12.7. The van der Waals surface area contributed by atoms with Crippen molar-refractivity contribution in [3.8, 4) is 0 Å². The smallest absolute Gasteiger partial charge is 0.242 e. The first kappa shape index (κ1) is 26.3. The molecule has 0 fully saturated rings. The quantitative estimate of drug-likeness (QED) is 0.277. The predicted octanol–water partition coefficient (Wildman–Crippen LogP) is 5.81. The third-order valence-corrected chi connectivity index (χ3v) is 6.19. The number of rotatable bonds is 14. The Morgan fingerprint density at radius 3 is 2.00 bits per heavy atom. The van der Waals surface area contributed by atoms with Gasteiger partial charge in [-0.1, -0.05) is 80.4 Å². The topological polar surface area (TPSA) is 53.8 Å². The first-order chi connectivity index (χ1) is 17.0. The minimum Gasteiger partial charge on any atom is -0.464 e. The fourth-order valence-corrected chi connectivity index (χ4v) is 4.12. The largest absolute Gasteiger partial charge is 0.464 e. The maximum atomic E-state index is 13.5. The molecule has 0 aliphatic carbocycles. The van der Waals surface area contributed by atoms with Crippen LogP contribution >= 0.6 is 0 Å². The highest BCUT2D eigenvalue weighted by Gasteiger charge is 2.22. The Hall–Kier alpha value is -3.34.